The Morgan fingerprint density at radius 3 is 2.52 bits per heavy atom. The molecule has 0 bridgehead atoms. The Morgan fingerprint density at radius 2 is 1.84 bits per heavy atom. The summed E-state index contributed by atoms with van der Waals surface area (Å²) in [5.41, 5.74) is 0.662. The number of para-hydroxylation sites is 1. The van der Waals surface area contributed by atoms with E-state index in [-0.39, 0.29) is 17.8 Å². The molecule has 1 heterocycles. The van der Waals surface area contributed by atoms with E-state index in [1.165, 1.54) is 25.3 Å². The lowest BCUT2D eigenvalue weighted by Gasteiger charge is -2.39. The van der Waals surface area contributed by atoms with E-state index in [9.17, 15) is 9.18 Å². The van der Waals surface area contributed by atoms with Crippen molar-refractivity contribution in [3.05, 3.63) is 30.1 Å². The summed E-state index contributed by atoms with van der Waals surface area (Å²) in [6.45, 7) is 7.28. The normalized spacial score (nSPS) is 26.3. The zero-order valence-corrected chi connectivity index (χ0v) is 15.4. The molecule has 0 spiro atoms. The second-order valence-corrected chi connectivity index (χ2v) is 7.53. The molecule has 3 atom stereocenters. The van der Waals surface area contributed by atoms with E-state index in [1.807, 2.05) is 19.1 Å². The van der Waals surface area contributed by atoms with Crippen molar-refractivity contribution >= 4 is 11.6 Å². The molecule has 0 radical (unpaired) electrons. The lowest BCUT2D eigenvalue weighted by atomic mass is 9.86. The summed E-state index contributed by atoms with van der Waals surface area (Å²) >= 11 is 0. The highest BCUT2D eigenvalue weighted by Crippen LogP contribution is 2.24. The molecule has 1 aromatic carbocycles. The molecule has 2 fully saturated rings. The van der Waals surface area contributed by atoms with Gasteiger partial charge in [0.05, 0.1) is 11.7 Å². The molecule has 3 unspecified atom stereocenters. The first kappa shape index (κ1) is 18.2. The molecule has 4 nitrogen and oxygen atoms in total. The highest BCUT2D eigenvalue weighted by atomic mass is 19.1. The van der Waals surface area contributed by atoms with Crippen LogP contribution in [0.3, 0.4) is 0 Å². The van der Waals surface area contributed by atoms with Gasteiger partial charge in [0.1, 0.15) is 5.82 Å². The predicted molar refractivity (Wildman–Crippen MR) is 99.2 cm³/mol. The van der Waals surface area contributed by atoms with Crippen LogP contribution in [0, 0.1) is 11.7 Å². The number of nitrogens with zero attached hydrogens (tertiary/aromatic N) is 2. The van der Waals surface area contributed by atoms with E-state index in [0.29, 0.717) is 17.6 Å². The third kappa shape index (κ3) is 4.32. The van der Waals surface area contributed by atoms with Gasteiger partial charge in [0, 0.05) is 32.2 Å². The van der Waals surface area contributed by atoms with Crippen molar-refractivity contribution in [3.8, 4) is 0 Å². The average molecular weight is 347 g/mol. The van der Waals surface area contributed by atoms with E-state index in [4.69, 9.17) is 0 Å². The maximum atomic E-state index is 13.9. The molecule has 1 saturated heterocycles. The second kappa shape index (κ2) is 8.17. The topological polar surface area (TPSA) is 35.6 Å². The quantitative estimate of drug-likeness (QED) is 0.909. The Hall–Kier alpha value is -1.62. The highest BCUT2D eigenvalue weighted by Gasteiger charge is 2.29. The molecule has 1 aliphatic heterocycles. The van der Waals surface area contributed by atoms with Crippen LogP contribution < -0.4 is 10.2 Å². The minimum atomic E-state index is -0.173. The zero-order chi connectivity index (χ0) is 17.8. The first-order valence-corrected chi connectivity index (χ1v) is 9.60. The molecule has 1 N–H and O–H groups in total. The number of carbonyl (C=O) groups is 1. The van der Waals surface area contributed by atoms with Crippen LogP contribution in [0.25, 0.3) is 0 Å². The third-order valence-electron chi connectivity index (χ3n) is 5.87. The van der Waals surface area contributed by atoms with Crippen molar-refractivity contribution in [3.63, 3.8) is 0 Å². The molecule has 5 heteroatoms. The Labute approximate surface area is 150 Å². The molecular formula is C20H30FN3O. The van der Waals surface area contributed by atoms with E-state index in [0.717, 1.165) is 32.6 Å². The Morgan fingerprint density at radius 1 is 1.16 bits per heavy atom. The van der Waals surface area contributed by atoms with E-state index in [1.54, 1.807) is 6.07 Å². The van der Waals surface area contributed by atoms with Crippen molar-refractivity contribution in [2.75, 3.05) is 31.1 Å². The SMILES string of the molecule is CC1CCCCC1NC(=O)C(C)N1CCN(c2ccccc2F)CC1. The third-order valence-corrected chi connectivity index (χ3v) is 5.87. The zero-order valence-electron chi connectivity index (χ0n) is 15.4. The minimum absolute atomic E-state index is 0.128. The Balaban J connectivity index is 1.51. The summed E-state index contributed by atoms with van der Waals surface area (Å²) in [6.07, 6.45) is 4.80. The summed E-state index contributed by atoms with van der Waals surface area (Å²) in [4.78, 5) is 16.9. The number of rotatable bonds is 4. The smallest absolute Gasteiger partial charge is 0.237 e. The minimum Gasteiger partial charge on any atom is -0.367 e. The summed E-state index contributed by atoms with van der Waals surface area (Å²) in [5, 5.41) is 3.26. The van der Waals surface area contributed by atoms with E-state index < -0.39 is 0 Å². The first-order chi connectivity index (χ1) is 12.1. The molecule has 1 aliphatic carbocycles. The van der Waals surface area contributed by atoms with Gasteiger partial charge in [-0.25, -0.2) is 4.39 Å². The van der Waals surface area contributed by atoms with E-state index in [2.05, 4.69) is 22.0 Å². The van der Waals surface area contributed by atoms with Crippen LogP contribution in [0.15, 0.2) is 24.3 Å². The molecular weight excluding hydrogens is 317 g/mol. The van der Waals surface area contributed by atoms with Crippen molar-refractivity contribution in [2.45, 2.75) is 51.6 Å². The molecule has 3 rings (SSSR count). The maximum absolute atomic E-state index is 13.9. The molecule has 138 valence electrons. The van der Waals surface area contributed by atoms with Gasteiger partial charge in [-0.1, -0.05) is 31.9 Å². The van der Waals surface area contributed by atoms with Gasteiger partial charge in [-0.3, -0.25) is 9.69 Å². The van der Waals surface area contributed by atoms with Gasteiger partial charge in [-0.2, -0.15) is 0 Å². The number of anilines is 1. The number of halogens is 1. The van der Waals surface area contributed by atoms with Gasteiger partial charge in [0.15, 0.2) is 0 Å². The fourth-order valence-electron chi connectivity index (χ4n) is 4.06. The fraction of sp³-hybridized carbons (Fsp3) is 0.650. The van der Waals surface area contributed by atoms with Crippen molar-refractivity contribution < 1.29 is 9.18 Å². The van der Waals surface area contributed by atoms with Gasteiger partial charge in [0.2, 0.25) is 5.91 Å². The van der Waals surface area contributed by atoms with Crippen LogP contribution in [0.1, 0.15) is 39.5 Å². The summed E-state index contributed by atoms with van der Waals surface area (Å²) in [5.74, 6) is 0.536. The molecule has 1 amide bonds. The maximum Gasteiger partial charge on any atom is 0.237 e. The van der Waals surface area contributed by atoms with Crippen LogP contribution in [-0.4, -0.2) is 49.1 Å². The molecule has 1 saturated carbocycles. The van der Waals surface area contributed by atoms with E-state index >= 15 is 0 Å². The highest BCUT2D eigenvalue weighted by molar-refractivity contribution is 5.81. The number of hydrogen-bond donors (Lipinski definition) is 1. The molecule has 0 aromatic heterocycles. The van der Waals surface area contributed by atoms with Crippen molar-refractivity contribution in [1.82, 2.24) is 10.2 Å². The summed E-state index contributed by atoms with van der Waals surface area (Å²) in [6, 6.07) is 7.11. The molecule has 25 heavy (non-hydrogen) atoms. The number of carbonyl (C=O) groups excluding carboxylic acids is 1. The lowest BCUT2D eigenvalue weighted by molar-refractivity contribution is -0.127. The van der Waals surface area contributed by atoms with Gasteiger partial charge in [0.25, 0.3) is 0 Å². The summed E-state index contributed by atoms with van der Waals surface area (Å²) in [7, 11) is 0. The van der Waals surface area contributed by atoms with Gasteiger partial charge < -0.3 is 10.2 Å². The molecule has 2 aliphatic rings. The number of benzene rings is 1. The number of amides is 1. The van der Waals surface area contributed by atoms with Gasteiger partial charge >= 0.3 is 0 Å². The van der Waals surface area contributed by atoms with Gasteiger partial charge in [-0.15, -0.1) is 0 Å². The molecule has 1 aromatic rings. The Kier molecular flexibility index (Phi) is 5.94. The van der Waals surface area contributed by atoms with Gasteiger partial charge in [-0.05, 0) is 37.8 Å². The average Bonchev–Trinajstić information content (AvgIpc) is 2.63. The fourth-order valence-corrected chi connectivity index (χ4v) is 4.06. The first-order valence-electron chi connectivity index (χ1n) is 9.60. The predicted octanol–water partition coefficient (Wildman–Crippen LogP) is 3.03. The lowest BCUT2D eigenvalue weighted by Crippen LogP contribution is -2.56. The second-order valence-electron chi connectivity index (χ2n) is 7.53. The summed E-state index contributed by atoms with van der Waals surface area (Å²) < 4.78 is 13.9. The number of piperazine rings is 1. The monoisotopic (exact) mass is 347 g/mol. The van der Waals surface area contributed by atoms with Crippen LogP contribution in [0.5, 0.6) is 0 Å². The van der Waals surface area contributed by atoms with Crippen LogP contribution in [-0.2, 0) is 4.79 Å². The van der Waals surface area contributed by atoms with Crippen LogP contribution in [0.4, 0.5) is 10.1 Å². The Bertz CT molecular complexity index is 586. The van der Waals surface area contributed by atoms with Crippen LogP contribution >= 0.6 is 0 Å². The number of hydrogen-bond acceptors (Lipinski definition) is 3. The van der Waals surface area contributed by atoms with Crippen molar-refractivity contribution in [2.24, 2.45) is 5.92 Å². The standard InChI is InChI=1S/C20H30FN3O/c1-15-7-3-5-9-18(15)22-20(25)16(2)23-11-13-24(14-12-23)19-10-6-4-8-17(19)21/h4,6,8,10,15-16,18H,3,5,7,9,11-14H2,1-2H3,(H,22,25). The van der Waals surface area contributed by atoms with Crippen LogP contribution in [0.2, 0.25) is 0 Å². The number of nitrogens with one attached hydrogen (secondary N) is 1. The largest absolute Gasteiger partial charge is 0.367 e. The van der Waals surface area contributed by atoms with Crippen molar-refractivity contribution in [1.29, 1.82) is 0 Å².